The Balaban J connectivity index is 2.49. The minimum absolute atomic E-state index is 0.0321. The summed E-state index contributed by atoms with van der Waals surface area (Å²) in [6.45, 7) is 4.10. The van der Waals surface area contributed by atoms with Crippen LogP contribution in [0.1, 0.15) is 13.3 Å². The van der Waals surface area contributed by atoms with Crippen molar-refractivity contribution in [2.45, 2.75) is 19.9 Å². The van der Waals surface area contributed by atoms with Crippen LogP contribution in [0.3, 0.4) is 0 Å². The van der Waals surface area contributed by atoms with E-state index in [1.807, 2.05) is 6.92 Å². The molecule has 0 radical (unpaired) electrons. The molecule has 14 heavy (non-hydrogen) atoms. The number of ether oxygens (including phenoxy) is 1. The lowest BCUT2D eigenvalue weighted by Crippen LogP contribution is -2.19. The maximum Gasteiger partial charge on any atom is 0.250 e. The molecule has 0 aliphatic rings. The third-order valence-corrected chi connectivity index (χ3v) is 2.31. The molecule has 1 aromatic rings. The zero-order valence-corrected chi connectivity index (χ0v) is 9.79. The first-order valence-corrected chi connectivity index (χ1v) is 5.47. The molecule has 0 aromatic carbocycles. The van der Waals surface area contributed by atoms with Crippen LogP contribution in [0.15, 0.2) is 27.6 Å². The highest BCUT2D eigenvalue weighted by atomic mass is 79.9. The zero-order valence-electron chi connectivity index (χ0n) is 8.20. The lowest BCUT2D eigenvalue weighted by atomic mass is 10.4. The molecule has 0 bridgehead atoms. The van der Waals surface area contributed by atoms with Crippen molar-refractivity contribution in [3.05, 3.63) is 33.2 Å². The van der Waals surface area contributed by atoms with Crippen LogP contribution >= 0.6 is 15.9 Å². The van der Waals surface area contributed by atoms with Crippen molar-refractivity contribution < 1.29 is 4.74 Å². The van der Waals surface area contributed by atoms with Gasteiger partial charge in [-0.3, -0.25) is 4.79 Å². The molecule has 0 fully saturated rings. The van der Waals surface area contributed by atoms with E-state index in [-0.39, 0.29) is 5.56 Å². The molecule has 1 aromatic heterocycles. The predicted molar refractivity (Wildman–Crippen MR) is 59.5 cm³/mol. The molecule has 3 nitrogen and oxygen atoms in total. The van der Waals surface area contributed by atoms with Crippen LogP contribution in [-0.2, 0) is 11.3 Å². The van der Waals surface area contributed by atoms with Gasteiger partial charge < -0.3 is 9.30 Å². The van der Waals surface area contributed by atoms with Gasteiger partial charge in [-0.05, 0) is 35.3 Å². The largest absolute Gasteiger partial charge is 0.382 e. The maximum atomic E-state index is 11.3. The second-order valence-corrected chi connectivity index (χ2v) is 3.85. The van der Waals surface area contributed by atoms with Crippen LogP contribution in [0.4, 0.5) is 0 Å². The number of hydrogen-bond donors (Lipinski definition) is 0. The quantitative estimate of drug-likeness (QED) is 0.758. The van der Waals surface area contributed by atoms with E-state index in [0.29, 0.717) is 13.2 Å². The second-order valence-electron chi connectivity index (χ2n) is 2.93. The number of rotatable bonds is 5. The van der Waals surface area contributed by atoms with E-state index in [4.69, 9.17) is 4.74 Å². The molecule has 0 saturated carbocycles. The number of hydrogen-bond acceptors (Lipinski definition) is 2. The Morgan fingerprint density at radius 2 is 2.29 bits per heavy atom. The van der Waals surface area contributed by atoms with Crippen molar-refractivity contribution in [1.29, 1.82) is 0 Å². The fraction of sp³-hybridized carbons (Fsp3) is 0.500. The van der Waals surface area contributed by atoms with E-state index in [9.17, 15) is 4.79 Å². The summed E-state index contributed by atoms with van der Waals surface area (Å²) in [5.74, 6) is 0. The molecule has 0 N–H and O–H groups in total. The fourth-order valence-electron chi connectivity index (χ4n) is 1.16. The van der Waals surface area contributed by atoms with Gasteiger partial charge in [0.1, 0.15) is 0 Å². The summed E-state index contributed by atoms with van der Waals surface area (Å²) in [5, 5.41) is 0. The van der Waals surface area contributed by atoms with E-state index >= 15 is 0 Å². The van der Waals surface area contributed by atoms with Crippen molar-refractivity contribution in [3.63, 3.8) is 0 Å². The Bertz CT molecular complexity index is 335. The van der Waals surface area contributed by atoms with Crippen LogP contribution in [-0.4, -0.2) is 17.8 Å². The first kappa shape index (κ1) is 11.5. The van der Waals surface area contributed by atoms with E-state index in [0.717, 1.165) is 17.5 Å². The molecule has 0 spiro atoms. The molecular formula is C10H14BrNO2. The van der Waals surface area contributed by atoms with Gasteiger partial charge in [-0.15, -0.1) is 0 Å². The lowest BCUT2D eigenvalue weighted by molar-refractivity contribution is 0.141. The Hall–Kier alpha value is -0.610. The van der Waals surface area contributed by atoms with Crippen LogP contribution in [0.25, 0.3) is 0 Å². The summed E-state index contributed by atoms with van der Waals surface area (Å²) in [6.07, 6.45) is 2.67. The molecule has 1 rings (SSSR count). The number of nitrogens with zero attached hydrogens (tertiary/aromatic N) is 1. The van der Waals surface area contributed by atoms with Gasteiger partial charge in [-0.1, -0.05) is 0 Å². The summed E-state index contributed by atoms with van der Waals surface area (Å²) in [4.78, 5) is 11.3. The van der Waals surface area contributed by atoms with Gasteiger partial charge in [0.25, 0.3) is 5.56 Å². The van der Waals surface area contributed by atoms with Crippen molar-refractivity contribution in [2.24, 2.45) is 0 Å². The molecule has 0 aliphatic heterocycles. The van der Waals surface area contributed by atoms with E-state index in [1.54, 1.807) is 22.9 Å². The standard InChI is InChI=1S/C10H14BrNO2/c1-2-14-7-3-6-12-8-9(11)4-5-10(12)13/h4-5,8H,2-3,6-7H2,1H3. The summed E-state index contributed by atoms with van der Waals surface area (Å²) < 4.78 is 7.81. The Morgan fingerprint density at radius 1 is 1.50 bits per heavy atom. The predicted octanol–water partition coefficient (Wildman–Crippen LogP) is 2.04. The van der Waals surface area contributed by atoms with Gasteiger partial charge in [0.15, 0.2) is 0 Å². The van der Waals surface area contributed by atoms with Gasteiger partial charge in [0.05, 0.1) is 0 Å². The molecule has 78 valence electrons. The van der Waals surface area contributed by atoms with E-state index < -0.39 is 0 Å². The lowest BCUT2D eigenvalue weighted by Gasteiger charge is -2.05. The van der Waals surface area contributed by atoms with Crippen LogP contribution in [0.2, 0.25) is 0 Å². The fourth-order valence-corrected chi connectivity index (χ4v) is 1.54. The highest BCUT2D eigenvalue weighted by Gasteiger charge is 1.96. The summed E-state index contributed by atoms with van der Waals surface area (Å²) in [5.41, 5.74) is 0.0321. The minimum atomic E-state index is 0.0321. The van der Waals surface area contributed by atoms with Crippen LogP contribution < -0.4 is 5.56 Å². The van der Waals surface area contributed by atoms with Crippen molar-refractivity contribution in [2.75, 3.05) is 13.2 Å². The molecule has 0 saturated heterocycles. The minimum Gasteiger partial charge on any atom is -0.382 e. The Morgan fingerprint density at radius 3 is 3.00 bits per heavy atom. The van der Waals surface area contributed by atoms with E-state index in [1.165, 1.54) is 0 Å². The molecule has 0 aliphatic carbocycles. The van der Waals surface area contributed by atoms with Gasteiger partial charge in [-0.25, -0.2) is 0 Å². The number of halogens is 1. The van der Waals surface area contributed by atoms with Gasteiger partial charge >= 0.3 is 0 Å². The first-order valence-electron chi connectivity index (χ1n) is 4.67. The molecule has 0 unspecified atom stereocenters. The molecule has 4 heteroatoms. The molecule has 0 atom stereocenters. The molecular weight excluding hydrogens is 246 g/mol. The second kappa shape index (κ2) is 5.98. The average molecular weight is 260 g/mol. The molecule has 1 heterocycles. The summed E-state index contributed by atoms with van der Waals surface area (Å²) in [6, 6.07) is 3.31. The third kappa shape index (κ3) is 3.64. The Kier molecular flexibility index (Phi) is 4.90. The number of aryl methyl sites for hydroxylation is 1. The SMILES string of the molecule is CCOCCCn1cc(Br)ccc1=O. The number of aromatic nitrogens is 1. The Labute approximate surface area is 91.8 Å². The summed E-state index contributed by atoms with van der Waals surface area (Å²) in [7, 11) is 0. The van der Waals surface area contributed by atoms with Gasteiger partial charge in [-0.2, -0.15) is 0 Å². The van der Waals surface area contributed by atoms with Crippen molar-refractivity contribution >= 4 is 15.9 Å². The normalized spacial score (nSPS) is 10.4. The van der Waals surface area contributed by atoms with Crippen LogP contribution in [0, 0.1) is 0 Å². The molecule has 0 amide bonds. The highest BCUT2D eigenvalue weighted by molar-refractivity contribution is 9.10. The summed E-state index contributed by atoms with van der Waals surface area (Å²) >= 11 is 3.33. The number of pyridine rings is 1. The smallest absolute Gasteiger partial charge is 0.250 e. The zero-order chi connectivity index (χ0) is 10.4. The first-order chi connectivity index (χ1) is 6.74. The monoisotopic (exact) mass is 259 g/mol. The van der Waals surface area contributed by atoms with Crippen molar-refractivity contribution in [1.82, 2.24) is 4.57 Å². The van der Waals surface area contributed by atoms with Crippen molar-refractivity contribution in [3.8, 4) is 0 Å². The third-order valence-electron chi connectivity index (χ3n) is 1.84. The average Bonchev–Trinajstić information content (AvgIpc) is 2.18. The van der Waals surface area contributed by atoms with Crippen LogP contribution in [0.5, 0.6) is 0 Å². The van der Waals surface area contributed by atoms with Gasteiger partial charge in [0.2, 0.25) is 0 Å². The maximum absolute atomic E-state index is 11.3. The van der Waals surface area contributed by atoms with E-state index in [2.05, 4.69) is 15.9 Å². The highest BCUT2D eigenvalue weighted by Crippen LogP contribution is 2.05. The topological polar surface area (TPSA) is 31.2 Å². The van der Waals surface area contributed by atoms with Gasteiger partial charge in [0, 0.05) is 36.5 Å².